The number of carbonyl (C=O) groups excluding carboxylic acids is 3. The fraction of sp³-hybridized carbons (Fsp3) is 0.550. The highest BCUT2D eigenvalue weighted by molar-refractivity contribution is 6.10. The Labute approximate surface area is 176 Å². The van der Waals surface area contributed by atoms with Crippen LogP contribution < -0.4 is 21.1 Å². The van der Waals surface area contributed by atoms with Crippen molar-refractivity contribution in [1.82, 2.24) is 10.2 Å². The van der Waals surface area contributed by atoms with Crippen LogP contribution in [0.3, 0.4) is 0 Å². The van der Waals surface area contributed by atoms with Crippen LogP contribution >= 0.6 is 12.4 Å². The van der Waals surface area contributed by atoms with Crippen molar-refractivity contribution in [1.29, 1.82) is 0 Å². The van der Waals surface area contributed by atoms with Crippen LogP contribution in [0.25, 0.3) is 0 Å². The van der Waals surface area contributed by atoms with E-state index in [1.54, 1.807) is 24.3 Å². The van der Waals surface area contributed by atoms with E-state index in [2.05, 4.69) is 17.6 Å². The van der Waals surface area contributed by atoms with Crippen molar-refractivity contribution >= 4 is 35.9 Å². The van der Waals surface area contributed by atoms with E-state index in [1.807, 2.05) is 0 Å². The molecular formula is C20H29ClN4O4. The minimum Gasteiger partial charge on any atom is -0.492 e. The van der Waals surface area contributed by atoms with Gasteiger partial charge in [-0.25, -0.2) is 4.79 Å². The van der Waals surface area contributed by atoms with Gasteiger partial charge >= 0.3 is 6.03 Å². The first kappa shape index (κ1) is 23.0. The number of nitrogens with one attached hydrogen (secondary N) is 2. The molecule has 1 aliphatic heterocycles. The first-order valence-corrected chi connectivity index (χ1v) is 9.84. The Hall–Kier alpha value is -2.32. The van der Waals surface area contributed by atoms with Crippen molar-refractivity contribution in [3.05, 3.63) is 24.3 Å². The number of imide groups is 1. The first-order chi connectivity index (χ1) is 13.5. The van der Waals surface area contributed by atoms with Crippen molar-refractivity contribution < 1.29 is 19.1 Å². The molecule has 4 amide bonds. The van der Waals surface area contributed by atoms with Crippen molar-refractivity contribution in [3.8, 4) is 5.75 Å². The van der Waals surface area contributed by atoms with Gasteiger partial charge in [-0.1, -0.05) is 13.3 Å². The third-order valence-electron chi connectivity index (χ3n) is 5.61. The Bertz CT molecular complexity index is 733. The van der Waals surface area contributed by atoms with Crippen LogP contribution in [0, 0.1) is 5.92 Å². The number of hydrogen-bond acceptors (Lipinski definition) is 5. The number of halogens is 1. The predicted molar refractivity (Wildman–Crippen MR) is 112 cm³/mol. The van der Waals surface area contributed by atoms with Gasteiger partial charge in [-0.05, 0) is 55.9 Å². The minimum atomic E-state index is -0.828. The number of carbonyl (C=O) groups is 3. The maximum Gasteiger partial charge on any atom is 0.325 e. The molecule has 4 N–H and O–H groups in total. The number of benzene rings is 1. The van der Waals surface area contributed by atoms with E-state index in [0.717, 1.165) is 24.2 Å². The quantitative estimate of drug-likeness (QED) is 0.581. The SMILES string of the molecule is CCC1CCC2(CC1)NC(=O)N(CC(=O)Nc1ccc(OCCN)cc1)C2=O.Cl. The molecule has 2 fully saturated rings. The number of rotatable bonds is 7. The Morgan fingerprint density at radius 3 is 2.52 bits per heavy atom. The third-order valence-corrected chi connectivity index (χ3v) is 5.61. The van der Waals surface area contributed by atoms with E-state index in [4.69, 9.17) is 10.5 Å². The van der Waals surface area contributed by atoms with Gasteiger partial charge in [0.1, 0.15) is 24.4 Å². The number of hydrogen-bond donors (Lipinski definition) is 3. The lowest BCUT2D eigenvalue weighted by molar-refractivity contribution is -0.135. The summed E-state index contributed by atoms with van der Waals surface area (Å²) < 4.78 is 5.39. The predicted octanol–water partition coefficient (Wildman–Crippen LogP) is 2.28. The molecule has 1 aromatic carbocycles. The topological polar surface area (TPSA) is 114 Å². The number of ether oxygens (including phenoxy) is 1. The monoisotopic (exact) mass is 424 g/mol. The van der Waals surface area contributed by atoms with Crippen LogP contribution in [0.5, 0.6) is 5.75 Å². The molecule has 1 saturated carbocycles. The first-order valence-electron chi connectivity index (χ1n) is 9.84. The van der Waals surface area contributed by atoms with Gasteiger partial charge in [-0.2, -0.15) is 0 Å². The lowest BCUT2D eigenvalue weighted by atomic mass is 9.75. The maximum atomic E-state index is 12.9. The fourth-order valence-corrected chi connectivity index (χ4v) is 3.89. The number of urea groups is 1. The van der Waals surface area contributed by atoms with Crippen molar-refractivity contribution in [2.24, 2.45) is 11.7 Å². The fourth-order valence-electron chi connectivity index (χ4n) is 3.89. The van der Waals surface area contributed by atoms with Crippen LogP contribution in [0.2, 0.25) is 0 Å². The Morgan fingerprint density at radius 1 is 1.28 bits per heavy atom. The smallest absolute Gasteiger partial charge is 0.325 e. The molecule has 0 atom stereocenters. The molecule has 0 unspecified atom stereocenters. The van der Waals surface area contributed by atoms with Crippen LogP contribution in [0.4, 0.5) is 10.5 Å². The second-order valence-corrected chi connectivity index (χ2v) is 7.46. The summed E-state index contributed by atoms with van der Waals surface area (Å²) in [6.45, 7) is 2.68. The molecule has 1 aromatic rings. The zero-order chi connectivity index (χ0) is 20.1. The summed E-state index contributed by atoms with van der Waals surface area (Å²) >= 11 is 0. The summed E-state index contributed by atoms with van der Waals surface area (Å²) in [6.07, 6.45) is 4.19. The molecule has 29 heavy (non-hydrogen) atoms. The minimum absolute atomic E-state index is 0. The number of nitrogens with two attached hydrogens (primary N) is 1. The molecule has 1 heterocycles. The lowest BCUT2D eigenvalue weighted by Gasteiger charge is -2.34. The molecule has 160 valence electrons. The van der Waals surface area contributed by atoms with E-state index < -0.39 is 17.5 Å². The van der Waals surface area contributed by atoms with Gasteiger partial charge in [0.15, 0.2) is 0 Å². The molecule has 9 heteroatoms. The van der Waals surface area contributed by atoms with Gasteiger partial charge < -0.3 is 21.1 Å². The van der Waals surface area contributed by atoms with Crippen molar-refractivity contribution in [2.45, 2.75) is 44.6 Å². The summed E-state index contributed by atoms with van der Waals surface area (Å²) in [5.41, 5.74) is 5.13. The summed E-state index contributed by atoms with van der Waals surface area (Å²) in [5, 5.41) is 5.55. The second kappa shape index (κ2) is 9.93. The zero-order valence-corrected chi connectivity index (χ0v) is 17.4. The van der Waals surface area contributed by atoms with E-state index in [9.17, 15) is 14.4 Å². The highest BCUT2D eigenvalue weighted by Crippen LogP contribution is 2.37. The number of anilines is 1. The van der Waals surface area contributed by atoms with Crippen LogP contribution in [0.1, 0.15) is 39.0 Å². The van der Waals surface area contributed by atoms with E-state index in [-0.39, 0.29) is 24.9 Å². The van der Waals surface area contributed by atoms with Crippen molar-refractivity contribution in [2.75, 3.05) is 25.0 Å². The van der Waals surface area contributed by atoms with E-state index >= 15 is 0 Å². The summed E-state index contributed by atoms with van der Waals surface area (Å²) in [5.74, 6) is 0.554. The average Bonchev–Trinajstić information content (AvgIpc) is 2.92. The average molecular weight is 425 g/mol. The highest BCUT2D eigenvalue weighted by atomic mass is 35.5. The Kier molecular flexibility index (Phi) is 7.87. The number of nitrogens with zero attached hydrogens (tertiary/aromatic N) is 1. The van der Waals surface area contributed by atoms with Crippen molar-refractivity contribution in [3.63, 3.8) is 0 Å². The van der Waals surface area contributed by atoms with E-state index in [0.29, 0.717) is 43.3 Å². The largest absolute Gasteiger partial charge is 0.492 e. The van der Waals surface area contributed by atoms with Gasteiger partial charge in [-0.15, -0.1) is 12.4 Å². The summed E-state index contributed by atoms with van der Waals surface area (Å²) in [7, 11) is 0. The summed E-state index contributed by atoms with van der Waals surface area (Å²) in [6, 6.07) is 6.35. The normalized spacial score (nSPS) is 23.5. The highest BCUT2D eigenvalue weighted by Gasteiger charge is 2.52. The summed E-state index contributed by atoms with van der Waals surface area (Å²) in [4.78, 5) is 38.6. The van der Waals surface area contributed by atoms with Gasteiger partial charge in [0.05, 0.1) is 0 Å². The third kappa shape index (κ3) is 5.19. The van der Waals surface area contributed by atoms with Crippen LogP contribution in [-0.4, -0.2) is 48.0 Å². The second-order valence-electron chi connectivity index (χ2n) is 7.46. The van der Waals surface area contributed by atoms with E-state index in [1.165, 1.54) is 0 Å². The molecular weight excluding hydrogens is 396 g/mol. The van der Waals surface area contributed by atoms with Gasteiger partial charge in [0, 0.05) is 12.2 Å². The molecule has 0 bridgehead atoms. The molecule has 8 nitrogen and oxygen atoms in total. The molecule has 1 spiro atoms. The standard InChI is InChI=1S/C20H28N4O4.ClH/c1-2-14-7-9-20(10-8-14)18(26)24(19(27)23-20)13-17(25)22-15-3-5-16(6-4-15)28-12-11-21;/h3-6,14H,2,7-13,21H2,1H3,(H,22,25)(H,23,27);1H. The molecule has 0 aromatic heterocycles. The molecule has 3 rings (SSSR count). The lowest BCUT2D eigenvalue weighted by Crippen LogP contribution is -2.49. The van der Waals surface area contributed by atoms with Gasteiger partial charge in [-0.3, -0.25) is 14.5 Å². The zero-order valence-electron chi connectivity index (χ0n) is 16.6. The van der Waals surface area contributed by atoms with Crippen LogP contribution in [-0.2, 0) is 9.59 Å². The maximum absolute atomic E-state index is 12.9. The molecule has 1 aliphatic carbocycles. The molecule has 2 aliphatic rings. The van der Waals surface area contributed by atoms with Crippen LogP contribution in [0.15, 0.2) is 24.3 Å². The number of amides is 4. The van der Waals surface area contributed by atoms with Gasteiger partial charge in [0.25, 0.3) is 5.91 Å². The Morgan fingerprint density at radius 2 is 1.93 bits per heavy atom. The molecule has 1 saturated heterocycles. The molecule has 0 radical (unpaired) electrons. The Balaban J connectivity index is 0.00000300. The van der Waals surface area contributed by atoms with Gasteiger partial charge in [0.2, 0.25) is 5.91 Å².